The fourth-order valence-corrected chi connectivity index (χ4v) is 2.05. The first-order chi connectivity index (χ1) is 8.91. The number of rotatable bonds is 4. The summed E-state index contributed by atoms with van der Waals surface area (Å²) in [7, 11) is 1.66. The molecule has 1 amide bonds. The van der Waals surface area contributed by atoms with Crippen LogP contribution in [0.15, 0.2) is 12.3 Å². The van der Waals surface area contributed by atoms with Gasteiger partial charge in [0, 0.05) is 13.1 Å². The number of nitrogens with zero attached hydrogens (tertiary/aromatic N) is 3. The van der Waals surface area contributed by atoms with Crippen molar-refractivity contribution in [3.05, 3.63) is 27.9 Å². The van der Waals surface area contributed by atoms with Gasteiger partial charge in [0.2, 0.25) is 0 Å². The smallest absolute Gasteiger partial charge is 0.300 e. The van der Waals surface area contributed by atoms with Crippen LogP contribution in [0, 0.1) is 16.0 Å². The molecular weight excluding hydrogens is 248 g/mol. The molecule has 0 bridgehead atoms. The van der Waals surface area contributed by atoms with E-state index in [2.05, 4.69) is 4.98 Å². The largest absolute Gasteiger partial charge is 0.384 e. The zero-order valence-electron chi connectivity index (χ0n) is 10.9. The van der Waals surface area contributed by atoms with Gasteiger partial charge in [-0.15, -0.1) is 0 Å². The Hall–Kier alpha value is -2.18. The van der Waals surface area contributed by atoms with Crippen LogP contribution in [0.3, 0.4) is 0 Å². The van der Waals surface area contributed by atoms with Gasteiger partial charge in [0.25, 0.3) is 11.6 Å². The Morgan fingerprint density at radius 2 is 2.26 bits per heavy atom. The Morgan fingerprint density at radius 1 is 1.63 bits per heavy atom. The molecule has 1 aliphatic carbocycles. The number of amides is 1. The number of carbonyl (C=O) groups is 1. The minimum atomic E-state index is -0.616. The molecule has 7 heteroatoms. The molecule has 1 aliphatic rings. The zero-order valence-corrected chi connectivity index (χ0v) is 10.9. The predicted molar refractivity (Wildman–Crippen MR) is 69.6 cm³/mol. The van der Waals surface area contributed by atoms with Crippen molar-refractivity contribution in [2.75, 3.05) is 12.8 Å². The quantitative estimate of drug-likeness (QED) is 0.654. The second kappa shape index (κ2) is 4.83. The molecule has 0 aromatic carbocycles. The molecule has 0 aliphatic heterocycles. The lowest BCUT2D eigenvalue weighted by molar-refractivity contribution is -0.385. The normalized spacial score (nSPS) is 15.9. The van der Waals surface area contributed by atoms with Gasteiger partial charge in [-0.05, 0) is 31.7 Å². The van der Waals surface area contributed by atoms with Crippen molar-refractivity contribution >= 4 is 17.4 Å². The molecule has 1 aromatic heterocycles. The first-order valence-corrected chi connectivity index (χ1v) is 6.09. The minimum absolute atomic E-state index is 0.00694. The number of anilines is 1. The van der Waals surface area contributed by atoms with Gasteiger partial charge < -0.3 is 10.6 Å². The Balaban J connectivity index is 2.31. The lowest BCUT2D eigenvalue weighted by Crippen LogP contribution is -2.36. The van der Waals surface area contributed by atoms with Crippen molar-refractivity contribution in [1.29, 1.82) is 0 Å². The average molecular weight is 264 g/mol. The molecule has 0 radical (unpaired) electrons. The van der Waals surface area contributed by atoms with Gasteiger partial charge in [0.15, 0.2) is 0 Å². The van der Waals surface area contributed by atoms with Crippen LogP contribution in [-0.4, -0.2) is 33.8 Å². The van der Waals surface area contributed by atoms with Crippen LogP contribution < -0.4 is 5.73 Å². The van der Waals surface area contributed by atoms with E-state index in [1.807, 2.05) is 6.92 Å². The van der Waals surface area contributed by atoms with Crippen LogP contribution in [0.2, 0.25) is 0 Å². The summed E-state index contributed by atoms with van der Waals surface area (Å²) in [5.74, 6) is 0.203. The second-order valence-corrected chi connectivity index (χ2v) is 4.88. The number of nitro groups is 1. The van der Waals surface area contributed by atoms with Crippen molar-refractivity contribution in [2.24, 2.45) is 5.92 Å². The fraction of sp³-hybridized carbons (Fsp3) is 0.500. The number of hydrogen-bond donors (Lipinski definition) is 1. The van der Waals surface area contributed by atoms with Crippen molar-refractivity contribution in [2.45, 2.75) is 25.8 Å². The van der Waals surface area contributed by atoms with E-state index in [0.29, 0.717) is 5.92 Å². The van der Waals surface area contributed by atoms with E-state index in [4.69, 9.17) is 5.73 Å². The second-order valence-electron chi connectivity index (χ2n) is 4.88. The Labute approximate surface area is 110 Å². The van der Waals surface area contributed by atoms with Crippen molar-refractivity contribution < 1.29 is 9.72 Å². The molecule has 1 aromatic rings. The molecule has 0 spiro atoms. The average Bonchev–Trinajstić information content (AvgIpc) is 3.19. The van der Waals surface area contributed by atoms with Gasteiger partial charge in [0.05, 0.1) is 4.92 Å². The van der Waals surface area contributed by atoms with Crippen LogP contribution in [0.5, 0.6) is 0 Å². The Morgan fingerprint density at radius 3 is 2.79 bits per heavy atom. The highest BCUT2D eigenvalue weighted by Gasteiger charge is 2.34. The summed E-state index contributed by atoms with van der Waals surface area (Å²) < 4.78 is 0. The first kappa shape index (κ1) is 13.3. The topological polar surface area (TPSA) is 102 Å². The summed E-state index contributed by atoms with van der Waals surface area (Å²) in [6.45, 7) is 1.95. The lowest BCUT2D eigenvalue weighted by atomic mass is 10.1. The van der Waals surface area contributed by atoms with E-state index in [1.165, 1.54) is 6.07 Å². The SMILES string of the molecule is CC(C1CC1)N(C)C(=O)c1cc(N)ncc1[N+](=O)[O-]. The van der Waals surface area contributed by atoms with Gasteiger partial charge in [-0.25, -0.2) is 4.98 Å². The molecule has 102 valence electrons. The van der Waals surface area contributed by atoms with Crippen LogP contribution in [0.25, 0.3) is 0 Å². The number of hydrogen-bond acceptors (Lipinski definition) is 5. The zero-order chi connectivity index (χ0) is 14.2. The molecule has 1 saturated carbocycles. The number of nitrogen functional groups attached to an aromatic ring is 1. The van der Waals surface area contributed by atoms with E-state index in [1.54, 1.807) is 11.9 Å². The maximum absolute atomic E-state index is 12.3. The summed E-state index contributed by atoms with van der Waals surface area (Å²) in [6, 6.07) is 1.33. The van der Waals surface area contributed by atoms with E-state index in [9.17, 15) is 14.9 Å². The molecular formula is C12H16N4O3. The number of nitrogens with two attached hydrogens (primary N) is 1. The molecule has 19 heavy (non-hydrogen) atoms. The molecule has 2 rings (SSSR count). The summed E-state index contributed by atoms with van der Waals surface area (Å²) in [5.41, 5.74) is 5.19. The third kappa shape index (κ3) is 2.64. The van der Waals surface area contributed by atoms with Gasteiger partial charge >= 0.3 is 0 Å². The third-order valence-corrected chi connectivity index (χ3v) is 3.57. The maximum Gasteiger partial charge on any atom is 0.300 e. The number of aromatic nitrogens is 1. The molecule has 1 heterocycles. The molecule has 1 atom stereocenters. The minimum Gasteiger partial charge on any atom is -0.384 e. The predicted octanol–water partition coefficient (Wildman–Crippen LogP) is 1.44. The highest BCUT2D eigenvalue weighted by atomic mass is 16.6. The van der Waals surface area contributed by atoms with Crippen molar-refractivity contribution in [1.82, 2.24) is 9.88 Å². The fourth-order valence-electron chi connectivity index (χ4n) is 2.05. The Kier molecular flexibility index (Phi) is 3.37. The van der Waals surface area contributed by atoms with Gasteiger partial charge in [-0.1, -0.05) is 0 Å². The van der Waals surface area contributed by atoms with E-state index in [-0.39, 0.29) is 29.0 Å². The third-order valence-electron chi connectivity index (χ3n) is 3.57. The van der Waals surface area contributed by atoms with Crippen LogP contribution in [0.4, 0.5) is 11.5 Å². The van der Waals surface area contributed by atoms with Crippen LogP contribution in [0.1, 0.15) is 30.1 Å². The highest BCUT2D eigenvalue weighted by molar-refractivity contribution is 5.98. The summed E-state index contributed by atoms with van der Waals surface area (Å²) >= 11 is 0. The van der Waals surface area contributed by atoms with Crippen LogP contribution >= 0.6 is 0 Å². The van der Waals surface area contributed by atoms with E-state index in [0.717, 1.165) is 19.0 Å². The molecule has 7 nitrogen and oxygen atoms in total. The molecule has 2 N–H and O–H groups in total. The molecule has 0 saturated heterocycles. The first-order valence-electron chi connectivity index (χ1n) is 6.09. The van der Waals surface area contributed by atoms with E-state index >= 15 is 0 Å². The summed E-state index contributed by atoms with van der Waals surface area (Å²) in [4.78, 5) is 27.8. The van der Waals surface area contributed by atoms with Crippen molar-refractivity contribution in [3.8, 4) is 0 Å². The van der Waals surface area contributed by atoms with Crippen molar-refractivity contribution in [3.63, 3.8) is 0 Å². The number of carbonyl (C=O) groups excluding carboxylic acids is 1. The van der Waals surface area contributed by atoms with Gasteiger partial charge in [0.1, 0.15) is 17.6 Å². The van der Waals surface area contributed by atoms with Gasteiger partial charge in [-0.3, -0.25) is 14.9 Å². The number of pyridine rings is 1. The maximum atomic E-state index is 12.3. The standard InChI is InChI=1S/C12H16N4O3/c1-7(8-3-4-8)15(2)12(17)9-5-11(13)14-6-10(9)16(18)19/h5-8H,3-4H2,1-2H3,(H2,13,14). The summed E-state index contributed by atoms with van der Waals surface area (Å²) in [5, 5.41) is 10.9. The van der Waals surface area contributed by atoms with E-state index < -0.39 is 4.92 Å². The van der Waals surface area contributed by atoms with Crippen LogP contribution in [-0.2, 0) is 0 Å². The molecule has 1 fully saturated rings. The highest BCUT2D eigenvalue weighted by Crippen LogP contribution is 2.35. The van der Waals surface area contributed by atoms with Gasteiger partial charge in [-0.2, -0.15) is 0 Å². The molecule has 1 unspecified atom stereocenters. The monoisotopic (exact) mass is 264 g/mol. The Bertz CT molecular complexity index is 528. The summed E-state index contributed by atoms with van der Waals surface area (Å²) in [6.07, 6.45) is 3.22. The lowest BCUT2D eigenvalue weighted by Gasteiger charge is -2.24.